The van der Waals surface area contributed by atoms with Crippen molar-refractivity contribution in [3.8, 4) is 11.5 Å². The maximum atomic E-state index is 13.1. The molecule has 0 aliphatic rings. The van der Waals surface area contributed by atoms with Crippen LogP contribution in [0.2, 0.25) is 0 Å². The van der Waals surface area contributed by atoms with Crippen LogP contribution in [-0.4, -0.2) is 77.5 Å². The fourth-order valence-corrected chi connectivity index (χ4v) is 3.60. The zero-order valence-corrected chi connectivity index (χ0v) is 16.8. The first kappa shape index (κ1) is 21.1. The Labute approximate surface area is 170 Å². The van der Waals surface area contributed by atoms with Crippen molar-refractivity contribution in [2.45, 2.75) is 0 Å². The number of aromatic amines is 1. The van der Waals surface area contributed by atoms with Crippen LogP contribution in [0, 0.1) is 0 Å². The standard InChI is InChI=1S/C19H22N4O5S/c1-27-10-11-28-9-7-23(6-8-24)19(26)13-12-29-16-15(13)21-17(22-18(16)25)14-4-2-3-5-20-14/h2-5,12,24H,6-11H2,1H3,(H,21,22,25). The average Bonchev–Trinajstić information content (AvgIpc) is 3.17. The lowest BCUT2D eigenvalue weighted by molar-refractivity contribution is 0.0462. The molecule has 0 aliphatic carbocycles. The first-order valence-electron chi connectivity index (χ1n) is 9.05. The Kier molecular flexibility index (Phi) is 7.42. The van der Waals surface area contributed by atoms with Crippen LogP contribution in [0.3, 0.4) is 0 Å². The van der Waals surface area contributed by atoms with Gasteiger partial charge in [0.25, 0.3) is 11.5 Å². The summed E-state index contributed by atoms with van der Waals surface area (Å²) in [5.41, 5.74) is 0.831. The predicted molar refractivity (Wildman–Crippen MR) is 109 cm³/mol. The van der Waals surface area contributed by atoms with Gasteiger partial charge in [0.05, 0.1) is 32.0 Å². The van der Waals surface area contributed by atoms with Crippen molar-refractivity contribution in [3.63, 3.8) is 0 Å². The van der Waals surface area contributed by atoms with Gasteiger partial charge in [-0.05, 0) is 12.1 Å². The summed E-state index contributed by atoms with van der Waals surface area (Å²) in [5, 5.41) is 11.0. The van der Waals surface area contributed by atoms with Gasteiger partial charge in [-0.1, -0.05) is 6.07 Å². The molecule has 3 heterocycles. The van der Waals surface area contributed by atoms with Crippen molar-refractivity contribution < 1.29 is 19.4 Å². The van der Waals surface area contributed by atoms with E-state index in [4.69, 9.17) is 9.47 Å². The number of aliphatic hydroxyl groups is 1. The van der Waals surface area contributed by atoms with Crippen LogP contribution in [0.4, 0.5) is 0 Å². The van der Waals surface area contributed by atoms with Crippen molar-refractivity contribution in [2.24, 2.45) is 0 Å². The van der Waals surface area contributed by atoms with E-state index >= 15 is 0 Å². The van der Waals surface area contributed by atoms with Crippen LogP contribution in [0.25, 0.3) is 21.7 Å². The molecule has 9 nitrogen and oxygen atoms in total. The third kappa shape index (κ3) is 5.04. The molecule has 0 spiro atoms. The van der Waals surface area contributed by atoms with Gasteiger partial charge in [0.2, 0.25) is 0 Å². The van der Waals surface area contributed by atoms with E-state index in [1.807, 2.05) is 0 Å². The van der Waals surface area contributed by atoms with E-state index < -0.39 is 0 Å². The van der Waals surface area contributed by atoms with E-state index in [1.54, 1.807) is 36.9 Å². The molecule has 0 unspecified atom stereocenters. The number of amides is 1. The quantitative estimate of drug-likeness (QED) is 0.474. The molecule has 3 aromatic heterocycles. The van der Waals surface area contributed by atoms with E-state index in [-0.39, 0.29) is 24.6 Å². The molecular formula is C19H22N4O5S. The second kappa shape index (κ2) is 10.2. The summed E-state index contributed by atoms with van der Waals surface area (Å²) >= 11 is 1.16. The number of nitrogens with zero attached hydrogens (tertiary/aromatic N) is 3. The number of H-pyrrole nitrogens is 1. The molecule has 1 amide bonds. The van der Waals surface area contributed by atoms with E-state index in [2.05, 4.69) is 15.0 Å². The maximum Gasteiger partial charge on any atom is 0.269 e. The molecule has 0 atom stereocenters. The maximum absolute atomic E-state index is 13.1. The summed E-state index contributed by atoms with van der Waals surface area (Å²) in [6, 6.07) is 5.29. The smallest absolute Gasteiger partial charge is 0.269 e. The second-order valence-electron chi connectivity index (χ2n) is 6.08. The molecule has 29 heavy (non-hydrogen) atoms. The number of aliphatic hydroxyl groups excluding tert-OH is 1. The normalized spacial score (nSPS) is 11.1. The fraction of sp³-hybridized carbons (Fsp3) is 0.368. The van der Waals surface area contributed by atoms with Gasteiger partial charge in [0.15, 0.2) is 5.82 Å². The first-order chi connectivity index (χ1) is 14.2. The third-order valence-corrected chi connectivity index (χ3v) is 5.13. The minimum Gasteiger partial charge on any atom is -0.395 e. The van der Waals surface area contributed by atoms with Crippen molar-refractivity contribution in [1.82, 2.24) is 19.9 Å². The number of methoxy groups -OCH3 is 1. The minimum atomic E-state index is -0.323. The van der Waals surface area contributed by atoms with Crippen LogP contribution in [0.15, 0.2) is 34.6 Å². The van der Waals surface area contributed by atoms with Gasteiger partial charge in [-0.15, -0.1) is 11.3 Å². The van der Waals surface area contributed by atoms with E-state index in [0.29, 0.717) is 53.7 Å². The van der Waals surface area contributed by atoms with Crippen LogP contribution in [-0.2, 0) is 9.47 Å². The van der Waals surface area contributed by atoms with E-state index in [0.717, 1.165) is 11.3 Å². The lowest BCUT2D eigenvalue weighted by atomic mass is 10.2. The van der Waals surface area contributed by atoms with Crippen LogP contribution in [0.1, 0.15) is 10.4 Å². The van der Waals surface area contributed by atoms with Crippen LogP contribution in [0.5, 0.6) is 0 Å². The van der Waals surface area contributed by atoms with E-state index in [1.165, 1.54) is 4.90 Å². The SMILES string of the molecule is COCCOCCN(CCO)C(=O)c1csc2c(=O)[nH]c(-c3ccccn3)nc12. The average molecular weight is 418 g/mol. The monoisotopic (exact) mass is 418 g/mol. The number of thiophene rings is 1. The summed E-state index contributed by atoms with van der Waals surface area (Å²) in [4.78, 5) is 38.4. The lowest BCUT2D eigenvalue weighted by Crippen LogP contribution is -2.36. The van der Waals surface area contributed by atoms with E-state index in [9.17, 15) is 14.7 Å². The number of carbonyl (C=O) groups is 1. The topological polar surface area (TPSA) is 118 Å². The fourth-order valence-electron chi connectivity index (χ4n) is 2.73. The number of hydrogen-bond donors (Lipinski definition) is 2. The number of carbonyl (C=O) groups excluding carboxylic acids is 1. The Balaban J connectivity index is 1.88. The number of aromatic nitrogens is 3. The number of hydrogen-bond acceptors (Lipinski definition) is 8. The van der Waals surface area contributed by atoms with Crippen molar-refractivity contribution in [2.75, 3.05) is 46.6 Å². The number of fused-ring (bicyclic) bond motifs is 1. The molecule has 0 bridgehead atoms. The summed E-state index contributed by atoms with van der Waals surface area (Å²) in [5.74, 6) is -0.0159. The molecule has 0 saturated heterocycles. The number of rotatable bonds is 10. The summed E-state index contributed by atoms with van der Waals surface area (Å²) < 4.78 is 10.7. The van der Waals surface area contributed by atoms with Crippen molar-refractivity contribution >= 4 is 27.5 Å². The van der Waals surface area contributed by atoms with Gasteiger partial charge < -0.3 is 24.5 Å². The third-order valence-electron chi connectivity index (χ3n) is 4.16. The Bertz CT molecular complexity index is 1000. The highest BCUT2D eigenvalue weighted by atomic mass is 32.1. The largest absolute Gasteiger partial charge is 0.395 e. The highest BCUT2D eigenvalue weighted by Crippen LogP contribution is 2.24. The summed E-state index contributed by atoms with van der Waals surface area (Å²) in [6.07, 6.45) is 1.60. The van der Waals surface area contributed by atoms with Crippen LogP contribution >= 0.6 is 11.3 Å². The zero-order valence-electron chi connectivity index (χ0n) is 16.0. The molecule has 154 valence electrons. The Morgan fingerprint density at radius 2 is 2.14 bits per heavy atom. The lowest BCUT2D eigenvalue weighted by Gasteiger charge is -2.21. The Morgan fingerprint density at radius 3 is 2.86 bits per heavy atom. The second-order valence-corrected chi connectivity index (χ2v) is 6.96. The summed E-state index contributed by atoms with van der Waals surface area (Å²) in [7, 11) is 1.58. The molecule has 3 aromatic rings. The Hall–Kier alpha value is -2.66. The summed E-state index contributed by atoms with van der Waals surface area (Å²) in [6.45, 7) is 1.47. The number of pyridine rings is 1. The molecule has 0 fully saturated rings. The van der Waals surface area contributed by atoms with Gasteiger partial charge in [-0.2, -0.15) is 0 Å². The predicted octanol–water partition coefficient (Wildman–Crippen LogP) is 1.14. The van der Waals surface area contributed by atoms with Crippen molar-refractivity contribution in [1.29, 1.82) is 0 Å². The zero-order chi connectivity index (χ0) is 20.6. The molecule has 2 N–H and O–H groups in total. The molecule has 3 rings (SSSR count). The Morgan fingerprint density at radius 1 is 1.28 bits per heavy atom. The number of nitrogens with one attached hydrogen (secondary N) is 1. The van der Waals surface area contributed by atoms with Crippen molar-refractivity contribution in [3.05, 3.63) is 45.7 Å². The van der Waals surface area contributed by atoms with Gasteiger partial charge in [-0.3, -0.25) is 14.6 Å². The molecule has 0 radical (unpaired) electrons. The van der Waals surface area contributed by atoms with Gasteiger partial charge >= 0.3 is 0 Å². The van der Waals surface area contributed by atoms with Gasteiger partial charge in [0.1, 0.15) is 15.9 Å². The minimum absolute atomic E-state index is 0.153. The highest BCUT2D eigenvalue weighted by molar-refractivity contribution is 7.17. The molecule has 10 heteroatoms. The first-order valence-corrected chi connectivity index (χ1v) is 9.93. The molecule has 0 aliphatic heterocycles. The molecular weight excluding hydrogens is 396 g/mol. The van der Waals surface area contributed by atoms with Crippen LogP contribution < -0.4 is 5.56 Å². The number of ether oxygens (including phenoxy) is 2. The highest BCUT2D eigenvalue weighted by Gasteiger charge is 2.22. The van der Waals surface area contributed by atoms with Gasteiger partial charge in [0, 0.05) is 31.8 Å². The molecule has 0 aromatic carbocycles. The van der Waals surface area contributed by atoms with Gasteiger partial charge in [-0.25, -0.2) is 4.98 Å². The molecule has 0 saturated carbocycles.